The van der Waals surface area contributed by atoms with Crippen molar-refractivity contribution in [3.8, 4) is 0 Å². The Bertz CT molecular complexity index is 313. The highest BCUT2D eigenvalue weighted by atomic mass is 19.4. The second kappa shape index (κ2) is 5.98. The number of halogens is 3. The molecule has 0 radical (unpaired) electrons. The molecule has 4 nitrogen and oxygen atoms in total. The summed E-state index contributed by atoms with van der Waals surface area (Å²) in [7, 11) is 0. The molecule has 0 saturated carbocycles. The Balaban J connectivity index is 2.44. The van der Waals surface area contributed by atoms with Crippen LogP contribution >= 0.6 is 0 Å². The molecule has 0 aromatic carbocycles. The van der Waals surface area contributed by atoms with E-state index in [1.165, 1.54) is 4.90 Å². The third-order valence-corrected chi connectivity index (χ3v) is 2.68. The fraction of sp³-hybridized carbons (Fsp3) is 0.917. The van der Waals surface area contributed by atoms with E-state index in [9.17, 15) is 18.0 Å². The quantitative estimate of drug-likeness (QED) is 0.846. The summed E-state index contributed by atoms with van der Waals surface area (Å²) < 4.78 is 41.7. The molecule has 1 aliphatic rings. The molecule has 1 N–H and O–H groups in total. The molecule has 0 aromatic heterocycles. The first-order chi connectivity index (χ1) is 8.57. The predicted octanol–water partition coefficient (Wildman–Crippen LogP) is 2.54. The van der Waals surface area contributed by atoms with Crippen LogP contribution in [0.4, 0.5) is 18.0 Å². The number of nitrogens with zero attached hydrogens (tertiary/aromatic N) is 1. The monoisotopic (exact) mass is 282 g/mol. The topological polar surface area (TPSA) is 41.6 Å². The summed E-state index contributed by atoms with van der Waals surface area (Å²) in [6.45, 7) is 6.47. The smallest absolute Gasteiger partial charge is 0.410 e. The van der Waals surface area contributed by atoms with Crippen molar-refractivity contribution in [1.29, 1.82) is 0 Å². The fourth-order valence-electron chi connectivity index (χ4n) is 1.85. The molecule has 1 rings (SSSR count). The van der Waals surface area contributed by atoms with E-state index in [0.29, 0.717) is 13.1 Å². The molecule has 0 spiro atoms. The van der Waals surface area contributed by atoms with Crippen molar-refractivity contribution in [1.82, 2.24) is 10.2 Å². The van der Waals surface area contributed by atoms with Crippen LogP contribution in [0.2, 0.25) is 0 Å². The third kappa shape index (κ3) is 6.66. The number of carbonyl (C=O) groups excluding carboxylic acids is 1. The standard InChI is InChI=1S/C12H21F3N2O2/c1-11(2,3)19-10(18)17-7-6-16-9(8-17)4-5-12(13,14)15/h9,16H,4-8H2,1-3H3. The summed E-state index contributed by atoms with van der Waals surface area (Å²) in [5, 5.41) is 2.99. The van der Waals surface area contributed by atoms with Crippen molar-refractivity contribution in [2.24, 2.45) is 0 Å². The summed E-state index contributed by atoms with van der Waals surface area (Å²) in [5.41, 5.74) is -0.594. The Labute approximate surface area is 111 Å². The van der Waals surface area contributed by atoms with E-state index in [4.69, 9.17) is 4.74 Å². The lowest BCUT2D eigenvalue weighted by Crippen LogP contribution is -2.53. The molecule has 0 bridgehead atoms. The zero-order chi connectivity index (χ0) is 14.7. The molecule has 1 aliphatic heterocycles. The van der Waals surface area contributed by atoms with Crippen molar-refractivity contribution < 1.29 is 22.7 Å². The maximum Gasteiger partial charge on any atom is 0.410 e. The van der Waals surface area contributed by atoms with Gasteiger partial charge >= 0.3 is 12.3 Å². The molecule has 1 fully saturated rings. The highest BCUT2D eigenvalue weighted by molar-refractivity contribution is 5.68. The van der Waals surface area contributed by atoms with Gasteiger partial charge in [-0.1, -0.05) is 0 Å². The van der Waals surface area contributed by atoms with Crippen molar-refractivity contribution in [3.63, 3.8) is 0 Å². The van der Waals surface area contributed by atoms with E-state index in [-0.39, 0.29) is 19.0 Å². The van der Waals surface area contributed by atoms with Crippen molar-refractivity contribution in [3.05, 3.63) is 0 Å². The number of hydrogen-bond donors (Lipinski definition) is 1. The zero-order valence-corrected chi connectivity index (χ0v) is 11.5. The molecule has 1 amide bonds. The number of rotatable bonds is 2. The maximum atomic E-state index is 12.2. The van der Waals surface area contributed by atoms with Gasteiger partial charge in [0.05, 0.1) is 0 Å². The van der Waals surface area contributed by atoms with Crippen LogP contribution in [0.25, 0.3) is 0 Å². The molecule has 1 heterocycles. The molecule has 1 unspecified atom stereocenters. The Kier molecular flexibility index (Phi) is 5.06. The Hall–Kier alpha value is -0.980. The average molecular weight is 282 g/mol. The summed E-state index contributed by atoms with van der Waals surface area (Å²) in [5.74, 6) is 0. The van der Waals surface area contributed by atoms with Crippen LogP contribution in [0.15, 0.2) is 0 Å². The van der Waals surface area contributed by atoms with Gasteiger partial charge in [0.1, 0.15) is 5.60 Å². The van der Waals surface area contributed by atoms with Gasteiger partial charge < -0.3 is 15.0 Å². The Morgan fingerprint density at radius 2 is 2.00 bits per heavy atom. The van der Waals surface area contributed by atoms with Crippen LogP contribution < -0.4 is 5.32 Å². The first kappa shape index (κ1) is 16.1. The van der Waals surface area contributed by atoms with Crippen LogP contribution in [-0.4, -0.2) is 48.4 Å². The van der Waals surface area contributed by atoms with Crippen molar-refractivity contribution in [2.45, 2.75) is 51.4 Å². The molecule has 19 heavy (non-hydrogen) atoms. The number of alkyl halides is 3. The van der Waals surface area contributed by atoms with Crippen LogP contribution in [0.5, 0.6) is 0 Å². The zero-order valence-electron chi connectivity index (χ0n) is 11.5. The first-order valence-electron chi connectivity index (χ1n) is 6.35. The summed E-state index contributed by atoms with van der Waals surface area (Å²) in [6.07, 6.45) is -5.49. The molecule has 112 valence electrons. The third-order valence-electron chi connectivity index (χ3n) is 2.68. The molecular weight excluding hydrogens is 261 g/mol. The van der Waals surface area contributed by atoms with Crippen LogP contribution in [0, 0.1) is 0 Å². The van der Waals surface area contributed by atoms with Crippen molar-refractivity contribution >= 4 is 6.09 Å². The molecule has 0 aromatic rings. The number of ether oxygens (including phenoxy) is 1. The fourth-order valence-corrected chi connectivity index (χ4v) is 1.85. The molecule has 1 atom stereocenters. The van der Waals surface area contributed by atoms with Crippen LogP contribution in [0.1, 0.15) is 33.6 Å². The van der Waals surface area contributed by atoms with Crippen LogP contribution in [0.3, 0.4) is 0 Å². The highest BCUT2D eigenvalue weighted by Gasteiger charge is 2.31. The van der Waals surface area contributed by atoms with E-state index in [2.05, 4.69) is 5.32 Å². The Morgan fingerprint density at radius 1 is 1.37 bits per heavy atom. The number of piperazine rings is 1. The number of hydrogen-bond acceptors (Lipinski definition) is 3. The lowest BCUT2D eigenvalue weighted by Gasteiger charge is -2.35. The van der Waals surface area contributed by atoms with E-state index in [1.807, 2.05) is 0 Å². The number of nitrogens with one attached hydrogen (secondary N) is 1. The summed E-state index contributed by atoms with van der Waals surface area (Å²) in [4.78, 5) is 13.3. The maximum absolute atomic E-state index is 12.2. The van der Waals surface area contributed by atoms with E-state index >= 15 is 0 Å². The van der Waals surface area contributed by atoms with Gasteiger partial charge in [-0.3, -0.25) is 0 Å². The molecule has 7 heteroatoms. The van der Waals surface area contributed by atoms with E-state index < -0.39 is 24.3 Å². The average Bonchev–Trinajstić information content (AvgIpc) is 2.23. The van der Waals surface area contributed by atoms with Gasteiger partial charge in [-0.05, 0) is 27.2 Å². The SMILES string of the molecule is CC(C)(C)OC(=O)N1CCNC(CCC(F)(F)F)C1. The lowest BCUT2D eigenvalue weighted by atomic mass is 10.1. The lowest BCUT2D eigenvalue weighted by molar-refractivity contribution is -0.137. The summed E-state index contributed by atoms with van der Waals surface area (Å²) >= 11 is 0. The molecular formula is C12H21F3N2O2. The predicted molar refractivity (Wildman–Crippen MR) is 64.9 cm³/mol. The minimum atomic E-state index is -4.16. The normalized spacial score (nSPS) is 21.4. The van der Waals surface area contributed by atoms with Crippen molar-refractivity contribution in [2.75, 3.05) is 19.6 Å². The van der Waals surface area contributed by atoms with Gasteiger partial charge in [-0.2, -0.15) is 13.2 Å². The first-order valence-corrected chi connectivity index (χ1v) is 6.35. The van der Waals surface area contributed by atoms with Gasteiger partial charge in [0, 0.05) is 32.1 Å². The second-order valence-electron chi connectivity index (χ2n) is 5.73. The molecule has 0 aliphatic carbocycles. The largest absolute Gasteiger partial charge is 0.444 e. The van der Waals surface area contributed by atoms with Gasteiger partial charge in [0.25, 0.3) is 0 Å². The van der Waals surface area contributed by atoms with Gasteiger partial charge in [-0.15, -0.1) is 0 Å². The Morgan fingerprint density at radius 3 is 2.53 bits per heavy atom. The van der Waals surface area contributed by atoms with Crippen LogP contribution in [-0.2, 0) is 4.74 Å². The van der Waals surface area contributed by atoms with Gasteiger partial charge in [0.15, 0.2) is 0 Å². The summed E-state index contributed by atoms with van der Waals surface area (Å²) in [6, 6.07) is -0.331. The minimum Gasteiger partial charge on any atom is -0.444 e. The highest BCUT2D eigenvalue weighted by Crippen LogP contribution is 2.23. The van der Waals surface area contributed by atoms with Gasteiger partial charge in [-0.25, -0.2) is 4.79 Å². The number of carbonyl (C=O) groups is 1. The van der Waals surface area contributed by atoms with Gasteiger partial charge in [0.2, 0.25) is 0 Å². The molecule has 1 saturated heterocycles. The van der Waals surface area contributed by atoms with E-state index in [0.717, 1.165) is 0 Å². The van der Waals surface area contributed by atoms with E-state index in [1.54, 1.807) is 20.8 Å². The number of amides is 1. The second-order valence-corrected chi connectivity index (χ2v) is 5.73. The minimum absolute atomic E-state index is 0.0250.